The predicted octanol–water partition coefficient (Wildman–Crippen LogP) is 4.25. The Morgan fingerprint density at radius 3 is 2.39 bits per heavy atom. The van der Waals surface area contributed by atoms with Crippen molar-refractivity contribution in [3.05, 3.63) is 69.7 Å². The molecule has 2 aromatic carbocycles. The van der Waals surface area contributed by atoms with Crippen molar-refractivity contribution in [2.45, 2.75) is 26.9 Å². The lowest BCUT2D eigenvalue weighted by molar-refractivity contribution is 0.690. The number of rotatable bonds is 4. The van der Waals surface area contributed by atoms with Crippen molar-refractivity contribution in [2.75, 3.05) is 0 Å². The van der Waals surface area contributed by atoms with Gasteiger partial charge in [0.15, 0.2) is 0 Å². The maximum Gasteiger partial charge on any atom is 0.0406 e. The highest BCUT2D eigenvalue weighted by Gasteiger charge is 1.99. The van der Waals surface area contributed by atoms with Crippen LogP contribution in [0.4, 0.5) is 0 Å². The topological polar surface area (TPSA) is 12.0 Å². The van der Waals surface area contributed by atoms with Gasteiger partial charge in [-0.2, -0.15) is 0 Å². The summed E-state index contributed by atoms with van der Waals surface area (Å²) in [5, 5.41) is 4.25. The largest absolute Gasteiger partial charge is 0.309 e. The van der Waals surface area contributed by atoms with Gasteiger partial charge in [-0.1, -0.05) is 47.5 Å². The number of hydrogen-bond acceptors (Lipinski definition) is 1. The van der Waals surface area contributed by atoms with Crippen LogP contribution in [-0.2, 0) is 13.1 Å². The molecule has 0 aliphatic carbocycles. The fraction of sp³-hybridized carbons (Fsp3) is 0.250. The van der Waals surface area contributed by atoms with Gasteiger partial charge in [0.2, 0.25) is 0 Å². The van der Waals surface area contributed by atoms with Crippen LogP contribution in [0, 0.1) is 13.8 Å². The van der Waals surface area contributed by atoms with Crippen LogP contribution in [0.15, 0.2) is 42.5 Å². The highest BCUT2D eigenvalue weighted by Crippen LogP contribution is 2.12. The first kappa shape index (κ1) is 13.1. The molecule has 2 aromatic rings. The van der Waals surface area contributed by atoms with E-state index in [0.29, 0.717) is 0 Å². The fourth-order valence-corrected chi connectivity index (χ4v) is 2.06. The molecule has 2 rings (SSSR count). The van der Waals surface area contributed by atoms with Gasteiger partial charge in [-0.15, -0.1) is 0 Å². The molecule has 94 valence electrons. The van der Waals surface area contributed by atoms with Gasteiger partial charge >= 0.3 is 0 Å². The summed E-state index contributed by atoms with van der Waals surface area (Å²) in [7, 11) is 0. The summed E-state index contributed by atoms with van der Waals surface area (Å²) in [6.45, 7) is 6.04. The van der Waals surface area contributed by atoms with Crippen LogP contribution in [0.25, 0.3) is 0 Å². The van der Waals surface area contributed by atoms with E-state index in [1.807, 2.05) is 12.1 Å². The molecular formula is C16H18ClN. The summed E-state index contributed by atoms with van der Waals surface area (Å²) >= 11 is 5.86. The molecule has 0 heterocycles. The van der Waals surface area contributed by atoms with Crippen LogP contribution in [-0.4, -0.2) is 0 Å². The van der Waals surface area contributed by atoms with Crippen LogP contribution >= 0.6 is 11.6 Å². The zero-order valence-corrected chi connectivity index (χ0v) is 11.6. The predicted molar refractivity (Wildman–Crippen MR) is 77.9 cm³/mol. The minimum absolute atomic E-state index is 0.785. The van der Waals surface area contributed by atoms with Gasteiger partial charge in [0.25, 0.3) is 0 Å². The molecule has 18 heavy (non-hydrogen) atoms. The third-order valence-corrected chi connectivity index (χ3v) is 3.31. The van der Waals surface area contributed by atoms with Gasteiger partial charge in [-0.05, 0) is 42.7 Å². The number of hydrogen-bond donors (Lipinski definition) is 1. The van der Waals surface area contributed by atoms with E-state index in [1.165, 1.54) is 22.3 Å². The summed E-state index contributed by atoms with van der Waals surface area (Å²) in [6, 6.07) is 14.5. The average Bonchev–Trinajstić information content (AvgIpc) is 2.36. The van der Waals surface area contributed by atoms with E-state index in [9.17, 15) is 0 Å². The lowest BCUT2D eigenvalue weighted by Crippen LogP contribution is -2.13. The van der Waals surface area contributed by atoms with E-state index in [2.05, 4.69) is 49.5 Å². The van der Waals surface area contributed by atoms with Crippen molar-refractivity contribution in [1.82, 2.24) is 5.32 Å². The Bertz CT molecular complexity index is 517. The van der Waals surface area contributed by atoms with Gasteiger partial charge in [0.1, 0.15) is 0 Å². The van der Waals surface area contributed by atoms with Gasteiger partial charge < -0.3 is 5.32 Å². The number of benzene rings is 2. The zero-order valence-electron chi connectivity index (χ0n) is 10.8. The molecular weight excluding hydrogens is 242 g/mol. The second kappa shape index (κ2) is 6.03. The van der Waals surface area contributed by atoms with Crippen LogP contribution in [0.1, 0.15) is 22.3 Å². The minimum atomic E-state index is 0.785. The lowest BCUT2D eigenvalue weighted by Gasteiger charge is -2.09. The van der Waals surface area contributed by atoms with E-state index >= 15 is 0 Å². The minimum Gasteiger partial charge on any atom is -0.309 e. The highest BCUT2D eigenvalue weighted by atomic mass is 35.5. The maximum absolute atomic E-state index is 5.86. The molecule has 0 amide bonds. The number of halogens is 1. The quantitative estimate of drug-likeness (QED) is 0.866. The van der Waals surface area contributed by atoms with E-state index in [0.717, 1.165) is 18.1 Å². The Labute approximate surface area is 114 Å². The molecule has 0 aliphatic heterocycles. The Morgan fingerprint density at radius 2 is 1.67 bits per heavy atom. The molecule has 0 spiro atoms. The zero-order chi connectivity index (χ0) is 13.0. The molecule has 0 atom stereocenters. The monoisotopic (exact) mass is 259 g/mol. The summed E-state index contributed by atoms with van der Waals surface area (Å²) in [5.41, 5.74) is 5.27. The molecule has 2 heteroatoms. The smallest absolute Gasteiger partial charge is 0.0406 e. The molecule has 0 radical (unpaired) electrons. The van der Waals surface area contributed by atoms with Crippen LogP contribution in [0.3, 0.4) is 0 Å². The van der Waals surface area contributed by atoms with Crippen LogP contribution < -0.4 is 5.32 Å². The van der Waals surface area contributed by atoms with Gasteiger partial charge in [0.05, 0.1) is 0 Å². The van der Waals surface area contributed by atoms with E-state index in [-0.39, 0.29) is 0 Å². The summed E-state index contributed by atoms with van der Waals surface area (Å²) in [6.07, 6.45) is 0. The normalized spacial score (nSPS) is 10.6. The van der Waals surface area contributed by atoms with Crippen molar-refractivity contribution in [1.29, 1.82) is 0 Å². The second-order valence-electron chi connectivity index (χ2n) is 4.66. The van der Waals surface area contributed by atoms with Gasteiger partial charge in [-0.25, -0.2) is 0 Å². The van der Waals surface area contributed by atoms with Crippen molar-refractivity contribution in [3.8, 4) is 0 Å². The Morgan fingerprint density at radius 1 is 0.944 bits per heavy atom. The van der Waals surface area contributed by atoms with Crippen molar-refractivity contribution in [3.63, 3.8) is 0 Å². The van der Waals surface area contributed by atoms with E-state index < -0.39 is 0 Å². The SMILES string of the molecule is Cc1ccc(C)c(CNCc2ccc(Cl)cc2)c1. The van der Waals surface area contributed by atoms with Crippen molar-refractivity contribution in [2.24, 2.45) is 0 Å². The summed E-state index contributed by atoms with van der Waals surface area (Å²) in [5.74, 6) is 0. The van der Waals surface area contributed by atoms with Gasteiger partial charge in [0, 0.05) is 18.1 Å². The Kier molecular flexibility index (Phi) is 4.40. The molecule has 0 bridgehead atoms. The Balaban J connectivity index is 1.92. The molecule has 0 aliphatic rings. The van der Waals surface area contributed by atoms with Crippen LogP contribution in [0.2, 0.25) is 5.02 Å². The number of nitrogens with one attached hydrogen (secondary N) is 1. The highest BCUT2D eigenvalue weighted by molar-refractivity contribution is 6.30. The molecule has 0 unspecified atom stereocenters. The fourth-order valence-electron chi connectivity index (χ4n) is 1.93. The number of aryl methyl sites for hydroxylation is 2. The second-order valence-corrected chi connectivity index (χ2v) is 5.10. The first-order valence-corrected chi connectivity index (χ1v) is 6.54. The molecule has 0 fully saturated rings. The first-order valence-electron chi connectivity index (χ1n) is 6.16. The molecule has 0 saturated carbocycles. The molecule has 1 N–H and O–H groups in total. The van der Waals surface area contributed by atoms with Crippen LogP contribution in [0.5, 0.6) is 0 Å². The van der Waals surface area contributed by atoms with Crippen molar-refractivity contribution < 1.29 is 0 Å². The van der Waals surface area contributed by atoms with E-state index in [1.54, 1.807) is 0 Å². The molecule has 0 aromatic heterocycles. The third kappa shape index (κ3) is 3.59. The molecule has 0 saturated heterocycles. The Hall–Kier alpha value is -1.31. The lowest BCUT2D eigenvalue weighted by atomic mass is 10.1. The third-order valence-electron chi connectivity index (χ3n) is 3.06. The molecule has 1 nitrogen and oxygen atoms in total. The van der Waals surface area contributed by atoms with E-state index in [4.69, 9.17) is 11.6 Å². The maximum atomic E-state index is 5.86. The standard InChI is InChI=1S/C16H18ClN/c1-12-3-4-13(2)15(9-12)11-18-10-14-5-7-16(17)8-6-14/h3-9,18H,10-11H2,1-2H3. The summed E-state index contributed by atoms with van der Waals surface area (Å²) < 4.78 is 0. The van der Waals surface area contributed by atoms with Gasteiger partial charge in [-0.3, -0.25) is 0 Å². The summed E-state index contributed by atoms with van der Waals surface area (Å²) in [4.78, 5) is 0. The van der Waals surface area contributed by atoms with Crippen molar-refractivity contribution >= 4 is 11.6 Å². The first-order chi connectivity index (χ1) is 8.65. The average molecular weight is 260 g/mol.